The molecule has 4 rings (SSSR count). The van der Waals surface area contributed by atoms with E-state index in [0.717, 1.165) is 34.1 Å². The smallest absolute Gasteiger partial charge is 0.338 e. The lowest BCUT2D eigenvalue weighted by molar-refractivity contribution is 0.0692. The number of aromatic carboxylic acids is 1. The Morgan fingerprint density at radius 1 is 0.964 bits per heavy atom. The van der Waals surface area contributed by atoms with Gasteiger partial charge in [0, 0.05) is 16.8 Å². The van der Waals surface area contributed by atoms with Crippen LogP contribution in [-0.4, -0.2) is 21.0 Å². The molecule has 0 aliphatic heterocycles. The first-order valence-electron chi connectivity index (χ1n) is 8.53. The van der Waals surface area contributed by atoms with Crippen LogP contribution in [0.2, 0.25) is 0 Å². The zero-order chi connectivity index (χ0) is 19.7. The number of carboxylic acid groups (broad SMARTS) is 1. The van der Waals surface area contributed by atoms with Gasteiger partial charge in [0.2, 0.25) is 0 Å². The van der Waals surface area contributed by atoms with Gasteiger partial charge in [0.25, 0.3) is 0 Å². The molecular formula is C22H15FN2O3. The van der Waals surface area contributed by atoms with E-state index in [-0.39, 0.29) is 5.56 Å². The molecule has 0 bridgehead atoms. The second-order valence-electron chi connectivity index (χ2n) is 6.31. The summed E-state index contributed by atoms with van der Waals surface area (Å²) in [6, 6.07) is 15.1. The lowest BCUT2D eigenvalue weighted by Crippen LogP contribution is -2.00. The van der Waals surface area contributed by atoms with Crippen LogP contribution in [0.5, 0.6) is 0 Å². The number of aromatic nitrogens is 2. The third-order valence-electron chi connectivity index (χ3n) is 4.32. The van der Waals surface area contributed by atoms with E-state index in [1.807, 2.05) is 43.3 Å². The summed E-state index contributed by atoms with van der Waals surface area (Å²) < 4.78 is 18.8. The molecule has 0 saturated carbocycles. The Morgan fingerprint density at radius 2 is 1.75 bits per heavy atom. The third-order valence-corrected chi connectivity index (χ3v) is 4.32. The second-order valence-corrected chi connectivity index (χ2v) is 6.31. The van der Waals surface area contributed by atoms with E-state index >= 15 is 0 Å². The summed E-state index contributed by atoms with van der Waals surface area (Å²) in [5.41, 5.74) is 4.16. The average Bonchev–Trinajstić information content (AvgIpc) is 3.23. The van der Waals surface area contributed by atoms with Gasteiger partial charge in [0.1, 0.15) is 5.82 Å². The molecule has 0 amide bonds. The monoisotopic (exact) mass is 374 g/mol. The molecule has 0 atom stereocenters. The maximum atomic E-state index is 13.7. The molecule has 0 spiro atoms. The Hall–Kier alpha value is -3.80. The molecule has 28 heavy (non-hydrogen) atoms. The van der Waals surface area contributed by atoms with Crippen LogP contribution in [0.4, 0.5) is 4.39 Å². The lowest BCUT2D eigenvalue weighted by atomic mass is 10.0. The summed E-state index contributed by atoms with van der Waals surface area (Å²) in [5, 5.41) is 9.15. The molecule has 0 saturated heterocycles. The Balaban J connectivity index is 1.78. The lowest BCUT2D eigenvalue weighted by Gasteiger charge is -2.08. The number of hydrogen-bond acceptors (Lipinski definition) is 4. The summed E-state index contributed by atoms with van der Waals surface area (Å²) in [6.45, 7) is 1.89. The van der Waals surface area contributed by atoms with E-state index in [4.69, 9.17) is 9.52 Å². The van der Waals surface area contributed by atoms with Crippen LogP contribution in [0.3, 0.4) is 0 Å². The molecule has 6 heteroatoms. The van der Waals surface area contributed by atoms with Gasteiger partial charge in [-0.1, -0.05) is 24.3 Å². The number of hydrogen-bond donors (Lipinski definition) is 1. The zero-order valence-corrected chi connectivity index (χ0v) is 14.9. The van der Waals surface area contributed by atoms with E-state index in [9.17, 15) is 9.18 Å². The standard InChI is InChI=1S/C22H15FN2O3/c1-13-9-20(17-7-8-28-12-17)25-21(24-13)16-4-2-3-14(10-16)15-5-6-19(23)18(11-15)22(26)27/h2-12H,1H3,(H,26,27). The summed E-state index contributed by atoms with van der Waals surface area (Å²) in [5.74, 6) is -1.53. The van der Waals surface area contributed by atoms with E-state index in [1.54, 1.807) is 18.6 Å². The molecule has 4 aromatic rings. The molecule has 0 aliphatic carbocycles. The van der Waals surface area contributed by atoms with E-state index in [0.29, 0.717) is 11.4 Å². The minimum Gasteiger partial charge on any atom is -0.478 e. The van der Waals surface area contributed by atoms with Gasteiger partial charge in [-0.3, -0.25) is 0 Å². The maximum absolute atomic E-state index is 13.7. The van der Waals surface area contributed by atoms with Gasteiger partial charge in [0.05, 0.1) is 23.8 Å². The topological polar surface area (TPSA) is 76.2 Å². The van der Waals surface area contributed by atoms with Gasteiger partial charge < -0.3 is 9.52 Å². The third kappa shape index (κ3) is 3.40. The van der Waals surface area contributed by atoms with Crippen LogP contribution in [0.1, 0.15) is 16.1 Å². The first-order chi connectivity index (χ1) is 13.5. The first-order valence-corrected chi connectivity index (χ1v) is 8.53. The molecule has 0 aliphatic rings. The van der Waals surface area contributed by atoms with Crippen molar-refractivity contribution < 1.29 is 18.7 Å². The number of aryl methyl sites for hydroxylation is 1. The Morgan fingerprint density at radius 3 is 2.50 bits per heavy atom. The minimum absolute atomic E-state index is 0.364. The Bertz CT molecular complexity index is 1170. The highest BCUT2D eigenvalue weighted by atomic mass is 19.1. The van der Waals surface area contributed by atoms with Crippen LogP contribution in [-0.2, 0) is 0 Å². The largest absolute Gasteiger partial charge is 0.478 e. The van der Waals surface area contributed by atoms with Crippen molar-refractivity contribution in [3.8, 4) is 33.8 Å². The minimum atomic E-state index is -1.30. The number of carbonyl (C=O) groups is 1. The van der Waals surface area contributed by atoms with E-state index in [1.165, 1.54) is 6.07 Å². The molecule has 0 radical (unpaired) electrons. The van der Waals surface area contributed by atoms with Crippen molar-refractivity contribution in [1.29, 1.82) is 0 Å². The van der Waals surface area contributed by atoms with Crippen LogP contribution in [0.25, 0.3) is 33.8 Å². The number of furan rings is 1. The second kappa shape index (κ2) is 7.08. The van der Waals surface area contributed by atoms with Crippen molar-refractivity contribution >= 4 is 5.97 Å². The van der Waals surface area contributed by atoms with Crippen molar-refractivity contribution in [2.45, 2.75) is 6.92 Å². The molecule has 0 unspecified atom stereocenters. The first kappa shape index (κ1) is 17.6. The predicted octanol–water partition coefficient (Wildman–Crippen LogP) is 5.22. The number of halogens is 1. The predicted molar refractivity (Wildman–Crippen MR) is 102 cm³/mol. The fourth-order valence-corrected chi connectivity index (χ4v) is 2.96. The molecule has 2 aromatic heterocycles. The van der Waals surface area contributed by atoms with Crippen LogP contribution in [0, 0.1) is 12.7 Å². The van der Waals surface area contributed by atoms with Crippen LogP contribution in [0.15, 0.2) is 71.5 Å². The highest BCUT2D eigenvalue weighted by molar-refractivity contribution is 5.90. The van der Waals surface area contributed by atoms with Crippen molar-refractivity contribution in [1.82, 2.24) is 9.97 Å². The van der Waals surface area contributed by atoms with Crippen LogP contribution < -0.4 is 0 Å². The summed E-state index contributed by atoms with van der Waals surface area (Å²) in [6.07, 6.45) is 3.20. The van der Waals surface area contributed by atoms with Crippen LogP contribution >= 0.6 is 0 Å². The molecular weight excluding hydrogens is 359 g/mol. The Kier molecular flexibility index (Phi) is 4.45. The van der Waals surface area contributed by atoms with Crippen molar-refractivity contribution in [3.05, 3.63) is 84.2 Å². The highest BCUT2D eigenvalue weighted by Gasteiger charge is 2.13. The molecule has 2 heterocycles. The Labute approximate surface area is 160 Å². The van der Waals surface area contributed by atoms with Crippen molar-refractivity contribution in [2.75, 3.05) is 0 Å². The maximum Gasteiger partial charge on any atom is 0.338 e. The van der Waals surface area contributed by atoms with Gasteiger partial charge in [-0.25, -0.2) is 19.2 Å². The molecule has 1 N–H and O–H groups in total. The zero-order valence-electron chi connectivity index (χ0n) is 14.9. The van der Waals surface area contributed by atoms with Gasteiger partial charge in [-0.15, -0.1) is 0 Å². The fourth-order valence-electron chi connectivity index (χ4n) is 2.96. The number of rotatable bonds is 4. The van der Waals surface area contributed by atoms with Gasteiger partial charge >= 0.3 is 5.97 Å². The number of benzene rings is 2. The fraction of sp³-hybridized carbons (Fsp3) is 0.0455. The molecule has 2 aromatic carbocycles. The normalized spacial score (nSPS) is 10.8. The summed E-state index contributed by atoms with van der Waals surface area (Å²) in [7, 11) is 0. The SMILES string of the molecule is Cc1cc(-c2ccoc2)nc(-c2cccc(-c3ccc(F)c(C(=O)O)c3)c2)n1. The molecule has 5 nitrogen and oxygen atoms in total. The number of nitrogens with zero attached hydrogens (tertiary/aromatic N) is 2. The average molecular weight is 374 g/mol. The molecule has 138 valence electrons. The number of carboxylic acids is 1. The summed E-state index contributed by atoms with van der Waals surface area (Å²) >= 11 is 0. The van der Waals surface area contributed by atoms with Crippen molar-refractivity contribution in [3.63, 3.8) is 0 Å². The van der Waals surface area contributed by atoms with E-state index in [2.05, 4.69) is 9.97 Å². The van der Waals surface area contributed by atoms with Gasteiger partial charge in [-0.2, -0.15) is 0 Å². The quantitative estimate of drug-likeness (QED) is 0.530. The summed E-state index contributed by atoms with van der Waals surface area (Å²) in [4.78, 5) is 20.3. The van der Waals surface area contributed by atoms with Crippen molar-refractivity contribution in [2.24, 2.45) is 0 Å². The van der Waals surface area contributed by atoms with Gasteiger partial charge in [0.15, 0.2) is 5.82 Å². The van der Waals surface area contributed by atoms with E-state index < -0.39 is 11.8 Å². The highest BCUT2D eigenvalue weighted by Crippen LogP contribution is 2.28. The van der Waals surface area contributed by atoms with Gasteiger partial charge in [-0.05, 0) is 48.4 Å². The molecule has 0 fully saturated rings.